The molecule has 10 heteroatoms. The largest absolute Gasteiger partial charge is 0.422 e. The molecule has 0 unspecified atom stereocenters. The quantitative estimate of drug-likeness (QED) is 0.565. The summed E-state index contributed by atoms with van der Waals surface area (Å²) in [4.78, 5) is 26.4. The van der Waals surface area contributed by atoms with Gasteiger partial charge in [0.1, 0.15) is 17.0 Å². The van der Waals surface area contributed by atoms with Crippen molar-refractivity contribution in [2.45, 2.75) is 0 Å². The summed E-state index contributed by atoms with van der Waals surface area (Å²) in [5, 5.41) is 3.09. The Labute approximate surface area is 184 Å². The Morgan fingerprint density at radius 1 is 1.03 bits per heavy atom. The van der Waals surface area contributed by atoms with E-state index in [1.54, 1.807) is 36.4 Å². The fourth-order valence-electron chi connectivity index (χ4n) is 3.61. The zero-order chi connectivity index (χ0) is 22.7. The molecular formula is C22H22FN3O5S. The molecule has 1 aromatic heterocycles. The van der Waals surface area contributed by atoms with E-state index < -0.39 is 21.6 Å². The second kappa shape index (κ2) is 9.09. The minimum absolute atomic E-state index is 0.133. The van der Waals surface area contributed by atoms with E-state index in [0.29, 0.717) is 37.1 Å². The summed E-state index contributed by atoms with van der Waals surface area (Å²) in [6.07, 6.45) is 0. The predicted molar refractivity (Wildman–Crippen MR) is 119 cm³/mol. The normalized spacial score (nSPS) is 15.1. The van der Waals surface area contributed by atoms with Crippen LogP contribution in [0.25, 0.3) is 11.0 Å². The summed E-state index contributed by atoms with van der Waals surface area (Å²) in [5.41, 5.74) is 0.260. The van der Waals surface area contributed by atoms with Crippen molar-refractivity contribution in [3.8, 4) is 0 Å². The van der Waals surface area contributed by atoms with Crippen LogP contribution < -0.4 is 15.8 Å². The highest BCUT2D eigenvalue weighted by Crippen LogP contribution is 2.18. The minimum Gasteiger partial charge on any atom is -0.422 e. The van der Waals surface area contributed by atoms with Gasteiger partial charge in [-0.05, 0) is 36.4 Å². The Morgan fingerprint density at radius 3 is 2.44 bits per heavy atom. The van der Waals surface area contributed by atoms with Crippen LogP contribution in [0, 0.1) is 5.82 Å². The lowest BCUT2D eigenvalue weighted by molar-refractivity contribution is 0.0952. The van der Waals surface area contributed by atoms with E-state index >= 15 is 0 Å². The van der Waals surface area contributed by atoms with E-state index in [4.69, 9.17) is 4.42 Å². The van der Waals surface area contributed by atoms with E-state index in [1.165, 1.54) is 22.5 Å². The van der Waals surface area contributed by atoms with Gasteiger partial charge < -0.3 is 14.6 Å². The fourth-order valence-corrected chi connectivity index (χ4v) is 4.95. The predicted octanol–water partition coefficient (Wildman–Crippen LogP) is 1.81. The summed E-state index contributed by atoms with van der Waals surface area (Å²) >= 11 is 0. The SMILES string of the molecule is O=C(NCCS(=O)(=O)N1CCN(c2ccc(F)cc2)CC1)c1cc2ccccc2oc1=O. The molecular weight excluding hydrogens is 437 g/mol. The highest BCUT2D eigenvalue weighted by Gasteiger charge is 2.27. The van der Waals surface area contributed by atoms with Crippen molar-refractivity contribution >= 4 is 32.6 Å². The van der Waals surface area contributed by atoms with Crippen LogP contribution in [-0.4, -0.2) is 57.1 Å². The number of para-hydroxylation sites is 1. The molecule has 1 aliphatic heterocycles. The van der Waals surface area contributed by atoms with Gasteiger partial charge in [-0.2, -0.15) is 4.31 Å². The zero-order valence-corrected chi connectivity index (χ0v) is 18.0. The number of piperazine rings is 1. The minimum atomic E-state index is -3.59. The molecule has 32 heavy (non-hydrogen) atoms. The average Bonchev–Trinajstić information content (AvgIpc) is 2.79. The molecule has 168 valence electrons. The number of carbonyl (C=O) groups excluding carboxylic acids is 1. The smallest absolute Gasteiger partial charge is 0.349 e. The van der Waals surface area contributed by atoms with Crippen LogP contribution in [0.4, 0.5) is 10.1 Å². The zero-order valence-electron chi connectivity index (χ0n) is 17.2. The van der Waals surface area contributed by atoms with E-state index in [-0.39, 0.29) is 23.7 Å². The summed E-state index contributed by atoms with van der Waals surface area (Å²) in [6.45, 7) is 1.42. The average molecular weight is 459 g/mol. The fraction of sp³-hybridized carbons (Fsp3) is 0.273. The third-order valence-corrected chi connectivity index (χ3v) is 7.23. The number of hydrogen-bond donors (Lipinski definition) is 1. The van der Waals surface area contributed by atoms with Crippen molar-refractivity contribution in [1.29, 1.82) is 0 Å². The molecule has 2 aromatic carbocycles. The van der Waals surface area contributed by atoms with Gasteiger partial charge >= 0.3 is 5.63 Å². The molecule has 1 N–H and O–H groups in total. The van der Waals surface area contributed by atoms with Gasteiger partial charge in [0.15, 0.2) is 0 Å². The molecule has 0 bridgehead atoms. The first-order valence-corrected chi connectivity index (χ1v) is 11.7. The Kier molecular flexibility index (Phi) is 6.24. The van der Waals surface area contributed by atoms with Crippen LogP contribution in [0.2, 0.25) is 0 Å². The van der Waals surface area contributed by atoms with Crippen LogP contribution in [0.5, 0.6) is 0 Å². The Bertz CT molecular complexity index is 1280. The number of halogens is 1. The Hall–Kier alpha value is -3.24. The van der Waals surface area contributed by atoms with E-state index in [1.807, 2.05) is 4.90 Å². The van der Waals surface area contributed by atoms with Gasteiger partial charge in [-0.25, -0.2) is 17.6 Å². The summed E-state index contributed by atoms with van der Waals surface area (Å²) in [7, 11) is -3.59. The molecule has 8 nitrogen and oxygen atoms in total. The molecule has 1 saturated heterocycles. The molecule has 3 aromatic rings. The second-order valence-electron chi connectivity index (χ2n) is 7.42. The van der Waals surface area contributed by atoms with Gasteiger partial charge in [0.2, 0.25) is 10.0 Å². The van der Waals surface area contributed by atoms with Gasteiger partial charge in [-0.1, -0.05) is 18.2 Å². The van der Waals surface area contributed by atoms with Gasteiger partial charge in [0.05, 0.1) is 5.75 Å². The lowest BCUT2D eigenvalue weighted by atomic mass is 10.2. The highest BCUT2D eigenvalue weighted by atomic mass is 32.2. The van der Waals surface area contributed by atoms with Gasteiger partial charge in [0.25, 0.3) is 5.91 Å². The van der Waals surface area contributed by atoms with Gasteiger partial charge in [0, 0.05) is 43.8 Å². The molecule has 4 rings (SSSR count). The van der Waals surface area contributed by atoms with E-state index in [0.717, 1.165) is 5.69 Å². The van der Waals surface area contributed by atoms with Crippen molar-refractivity contribution in [3.63, 3.8) is 0 Å². The summed E-state index contributed by atoms with van der Waals surface area (Å²) in [6, 6.07) is 14.3. The van der Waals surface area contributed by atoms with Crippen LogP contribution >= 0.6 is 0 Å². The first kappa shape index (κ1) is 22.0. The van der Waals surface area contributed by atoms with Crippen molar-refractivity contribution < 1.29 is 22.0 Å². The second-order valence-corrected chi connectivity index (χ2v) is 9.51. The van der Waals surface area contributed by atoms with E-state index in [2.05, 4.69) is 5.32 Å². The number of sulfonamides is 1. The maximum absolute atomic E-state index is 13.1. The maximum atomic E-state index is 13.1. The molecule has 0 aliphatic carbocycles. The van der Waals surface area contributed by atoms with Crippen molar-refractivity contribution in [3.05, 3.63) is 76.4 Å². The molecule has 0 saturated carbocycles. The number of amides is 1. The lowest BCUT2D eigenvalue weighted by Gasteiger charge is -2.35. The molecule has 0 radical (unpaired) electrons. The van der Waals surface area contributed by atoms with Crippen molar-refractivity contribution in [2.75, 3.05) is 43.4 Å². The number of carbonyl (C=O) groups is 1. The number of nitrogens with zero attached hydrogens (tertiary/aromatic N) is 2. The third kappa shape index (κ3) is 4.81. The molecule has 0 atom stereocenters. The summed E-state index contributed by atoms with van der Waals surface area (Å²) < 4.78 is 44.9. The third-order valence-electron chi connectivity index (χ3n) is 5.36. The van der Waals surface area contributed by atoms with Crippen molar-refractivity contribution in [2.24, 2.45) is 0 Å². The molecule has 1 fully saturated rings. The van der Waals surface area contributed by atoms with Crippen molar-refractivity contribution in [1.82, 2.24) is 9.62 Å². The molecule has 1 amide bonds. The molecule has 1 aliphatic rings. The first-order valence-electron chi connectivity index (χ1n) is 10.1. The van der Waals surface area contributed by atoms with Crippen LogP contribution in [0.1, 0.15) is 10.4 Å². The standard InChI is InChI=1S/C22H22FN3O5S/c23-17-5-7-18(8-6-17)25-10-12-26(13-11-25)32(29,30)14-9-24-21(27)19-15-16-3-1-2-4-20(16)31-22(19)28/h1-8,15H,9-14H2,(H,24,27). The summed E-state index contributed by atoms with van der Waals surface area (Å²) in [5.74, 6) is -1.28. The van der Waals surface area contributed by atoms with Crippen LogP contribution in [0.3, 0.4) is 0 Å². The lowest BCUT2D eigenvalue weighted by Crippen LogP contribution is -2.50. The van der Waals surface area contributed by atoms with Gasteiger partial charge in [-0.15, -0.1) is 0 Å². The maximum Gasteiger partial charge on any atom is 0.349 e. The first-order chi connectivity index (χ1) is 15.3. The monoisotopic (exact) mass is 459 g/mol. The molecule has 2 heterocycles. The topological polar surface area (TPSA) is 99.9 Å². The number of rotatable bonds is 6. The van der Waals surface area contributed by atoms with Crippen LogP contribution in [0.15, 0.2) is 63.8 Å². The highest BCUT2D eigenvalue weighted by molar-refractivity contribution is 7.89. The van der Waals surface area contributed by atoms with Crippen LogP contribution in [-0.2, 0) is 10.0 Å². The van der Waals surface area contributed by atoms with E-state index in [9.17, 15) is 22.4 Å². The number of nitrogens with one attached hydrogen (secondary N) is 1. The van der Waals surface area contributed by atoms with Gasteiger partial charge in [-0.3, -0.25) is 4.79 Å². The molecule has 0 spiro atoms. The Morgan fingerprint density at radius 2 is 1.72 bits per heavy atom. The number of benzene rings is 2. The number of hydrogen-bond acceptors (Lipinski definition) is 6. The Balaban J connectivity index is 1.32. The number of fused-ring (bicyclic) bond motifs is 1. The number of anilines is 1.